The molecule has 1 rings (SSSR count). The number of rotatable bonds is 5. The highest BCUT2D eigenvalue weighted by Gasteiger charge is 2.19. The average Bonchev–Trinajstić information content (AvgIpc) is 2.30. The summed E-state index contributed by atoms with van der Waals surface area (Å²) >= 11 is 7.28. The number of anilines is 1. The molecule has 1 aromatic carbocycles. The molecule has 0 saturated heterocycles. The topological polar surface area (TPSA) is 75.3 Å². The molecule has 6 heteroatoms. The number of carbonyl (C=O) groups excluding carboxylic acids is 1. The molecule has 0 aliphatic carbocycles. The zero-order valence-corrected chi connectivity index (χ0v) is 11.9. The van der Waals surface area contributed by atoms with E-state index in [1.165, 1.54) is 11.8 Å². The van der Waals surface area contributed by atoms with Crippen LogP contribution in [0.3, 0.4) is 0 Å². The first-order chi connectivity index (χ1) is 8.49. The van der Waals surface area contributed by atoms with Crippen molar-refractivity contribution >= 4 is 35.0 Å². The van der Waals surface area contributed by atoms with Crippen molar-refractivity contribution in [3.05, 3.63) is 28.8 Å². The molecular weight excluding hydrogens is 272 g/mol. The van der Waals surface area contributed by atoms with Crippen LogP contribution in [0.4, 0.5) is 5.69 Å². The van der Waals surface area contributed by atoms with Crippen molar-refractivity contribution in [2.75, 3.05) is 18.6 Å². The number of aliphatic hydroxyl groups is 1. The summed E-state index contributed by atoms with van der Waals surface area (Å²) in [5.74, 6) is -0.260. The normalized spacial score (nSPS) is 14.0. The van der Waals surface area contributed by atoms with E-state index in [2.05, 4.69) is 5.32 Å². The van der Waals surface area contributed by atoms with Gasteiger partial charge in [-0.1, -0.05) is 11.6 Å². The Hall–Kier alpha value is -0.910. The highest BCUT2D eigenvalue weighted by Crippen LogP contribution is 2.18. The van der Waals surface area contributed by atoms with E-state index >= 15 is 0 Å². The SMILES string of the molecule is CSC(CO)C(C)NC(=O)c1ccc(Cl)cc1N. The lowest BCUT2D eigenvalue weighted by molar-refractivity contribution is 0.0937. The number of nitrogens with two attached hydrogens (primary N) is 1. The van der Waals surface area contributed by atoms with Gasteiger partial charge in [0.25, 0.3) is 5.91 Å². The molecule has 0 radical (unpaired) electrons. The van der Waals surface area contributed by atoms with Crippen molar-refractivity contribution in [1.82, 2.24) is 5.32 Å². The van der Waals surface area contributed by atoms with Gasteiger partial charge in [0.05, 0.1) is 12.2 Å². The van der Waals surface area contributed by atoms with E-state index in [1.54, 1.807) is 18.2 Å². The fourth-order valence-electron chi connectivity index (χ4n) is 1.55. The molecule has 4 nitrogen and oxygen atoms in total. The summed E-state index contributed by atoms with van der Waals surface area (Å²) in [7, 11) is 0. The molecule has 0 aromatic heterocycles. The zero-order chi connectivity index (χ0) is 13.7. The van der Waals surface area contributed by atoms with Crippen LogP contribution in [0, 0.1) is 0 Å². The summed E-state index contributed by atoms with van der Waals surface area (Å²) < 4.78 is 0. The maximum absolute atomic E-state index is 12.0. The molecular formula is C12H17ClN2O2S. The van der Waals surface area contributed by atoms with Gasteiger partial charge in [-0.3, -0.25) is 4.79 Å². The minimum atomic E-state index is -0.260. The minimum Gasteiger partial charge on any atom is -0.398 e. The number of carbonyl (C=O) groups is 1. The van der Waals surface area contributed by atoms with Crippen LogP contribution in [0.1, 0.15) is 17.3 Å². The molecule has 4 N–H and O–H groups in total. The van der Waals surface area contributed by atoms with Gasteiger partial charge in [0.15, 0.2) is 0 Å². The van der Waals surface area contributed by atoms with Crippen LogP contribution < -0.4 is 11.1 Å². The molecule has 0 aliphatic rings. The number of halogens is 1. The minimum absolute atomic E-state index is 0.0126. The summed E-state index contributed by atoms with van der Waals surface area (Å²) in [6.45, 7) is 1.86. The van der Waals surface area contributed by atoms with Crippen molar-refractivity contribution in [2.45, 2.75) is 18.2 Å². The van der Waals surface area contributed by atoms with Gasteiger partial charge in [-0.05, 0) is 31.4 Å². The van der Waals surface area contributed by atoms with Gasteiger partial charge in [0, 0.05) is 22.0 Å². The Balaban J connectivity index is 2.76. The Bertz CT molecular complexity index is 425. The van der Waals surface area contributed by atoms with E-state index in [9.17, 15) is 4.79 Å². The Morgan fingerprint density at radius 3 is 2.78 bits per heavy atom. The summed E-state index contributed by atoms with van der Waals surface area (Å²) in [5.41, 5.74) is 6.48. The lowest BCUT2D eigenvalue weighted by Gasteiger charge is -2.21. The van der Waals surface area contributed by atoms with Crippen LogP contribution in [0.25, 0.3) is 0 Å². The number of hydrogen-bond donors (Lipinski definition) is 3. The van der Waals surface area contributed by atoms with E-state index in [-0.39, 0.29) is 23.8 Å². The van der Waals surface area contributed by atoms with Crippen LogP contribution >= 0.6 is 23.4 Å². The number of aliphatic hydroxyl groups excluding tert-OH is 1. The van der Waals surface area contributed by atoms with Crippen molar-refractivity contribution in [3.63, 3.8) is 0 Å². The quantitative estimate of drug-likeness (QED) is 0.722. The Kier molecular flexibility index (Phi) is 5.78. The predicted molar refractivity (Wildman–Crippen MR) is 77.2 cm³/mol. The zero-order valence-electron chi connectivity index (χ0n) is 10.3. The number of thioether (sulfide) groups is 1. The molecule has 0 saturated carbocycles. The second kappa shape index (κ2) is 6.87. The maximum Gasteiger partial charge on any atom is 0.253 e. The number of nitrogens with one attached hydrogen (secondary N) is 1. The third kappa shape index (κ3) is 3.80. The highest BCUT2D eigenvalue weighted by atomic mass is 35.5. The molecule has 1 amide bonds. The van der Waals surface area contributed by atoms with E-state index < -0.39 is 0 Å². The standard InChI is InChI=1S/C12H17ClN2O2S/c1-7(11(6-16)18-2)15-12(17)9-4-3-8(13)5-10(9)14/h3-5,7,11,16H,6,14H2,1-2H3,(H,15,17). The molecule has 0 bridgehead atoms. The molecule has 2 unspecified atom stereocenters. The van der Waals surface area contributed by atoms with Crippen LogP contribution in [0.15, 0.2) is 18.2 Å². The van der Waals surface area contributed by atoms with Crippen LogP contribution in [-0.2, 0) is 0 Å². The molecule has 0 spiro atoms. The van der Waals surface area contributed by atoms with Crippen molar-refractivity contribution in [3.8, 4) is 0 Å². The lowest BCUT2D eigenvalue weighted by Crippen LogP contribution is -2.41. The van der Waals surface area contributed by atoms with Crippen LogP contribution in [0.2, 0.25) is 5.02 Å². The molecule has 0 fully saturated rings. The van der Waals surface area contributed by atoms with Gasteiger partial charge in [0.1, 0.15) is 0 Å². The van der Waals surface area contributed by atoms with Gasteiger partial charge in [-0.15, -0.1) is 0 Å². The van der Waals surface area contributed by atoms with Crippen molar-refractivity contribution in [1.29, 1.82) is 0 Å². The first kappa shape index (κ1) is 15.1. The summed E-state index contributed by atoms with van der Waals surface area (Å²) in [6.07, 6.45) is 1.89. The first-order valence-corrected chi connectivity index (χ1v) is 7.15. The maximum atomic E-state index is 12.0. The van der Waals surface area contributed by atoms with E-state index in [0.29, 0.717) is 16.3 Å². The average molecular weight is 289 g/mol. The third-order valence-corrected chi connectivity index (χ3v) is 4.06. The highest BCUT2D eigenvalue weighted by molar-refractivity contribution is 7.99. The summed E-state index contributed by atoms with van der Waals surface area (Å²) in [5, 5.41) is 12.4. The first-order valence-electron chi connectivity index (χ1n) is 5.49. The molecule has 18 heavy (non-hydrogen) atoms. The number of amides is 1. The van der Waals surface area contributed by atoms with Gasteiger partial charge in [-0.2, -0.15) is 11.8 Å². The predicted octanol–water partition coefficient (Wildman–Crippen LogP) is 1.76. The molecule has 100 valence electrons. The summed E-state index contributed by atoms with van der Waals surface area (Å²) in [4.78, 5) is 12.0. The molecule has 1 aromatic rings. The number of nitrogen functional groups attached to an aromatic ring is 1. The third-order valence-electron chi connectivity index (χ3n) is 2.66. The summed E-state index contributed by atoms with van der Waals surface area (Å²) in [6, 6.07) is 4.61. The second-order valence-electron chi connectivity index (χ2n) is 3.95. The van der Waals surface area contributed by atoms with Gasteiger partial charge < -0.3 is 16.2 Å². The second-order valence-corrected chi connectivity index (χ2v) is 5.46. The lowest BCUT2D eigenvalue weighted by atomic mass is 10.1. The van der Waals surface area contributed by atoms with Crippen LogP contribution in [-0.4, -0.2) is 35.2 Å². The van der Waals surface area contributed by atoms with E-state index in [0.717, 1.165) is 0 Å². The fourth-order valence-corrected chi connectivity index (χ4v) is 2.36. The fraction of sp³-hybridized carbons (Fsp3) is 0.417. The number of benzene rings is 1. The van der Waals surface area contributed by atoms with Crippen LogP contribution in [0.5, 0.6) is 0 Å². The largest absolute Gasteiger partial charge is 0.398 e. The molecule has 2 atom stereocenters. The Labute approximate surface area is 116 Å². The van der Waals surface area contributed by atoms with Gasteiger partial charge in [-0.25, -0.2) is 0 Å². The van der Waals surface area contributed by atoms with Gasteiger partial charge >= 0.3 is 0 Å². The smallest absolute Gasteiger partial charge is 0.253 e. The number of hydrogen-bond acceptors (Lipinski definition) is 4. The van der Waals surface area contributed by atoms with E-state index in [1.807, 2.05) is 13.2 Å². The van der Waals surface area contributed by atoms with Gasteiger partial charge in [0.2, 0.25) is 0 Å². The Morgan fingerprint density at radius 1 is 1.61 bits per heavy atom. The monoisotopic (exact) mass is 288 g/mol. The Morgan fingerprint density at radius 2 is 2.28 bits per heavy atom. The van der Waals surface area contributed by atoms with Crippen molar-refractivity contribution in [2.24, 2.45) is 0 Å². The molecule has 0 aliphatic heterocycles. The molecule has 0 heterocycles. The van der Waals surface area contributed by atoms with E-state index in [4.69, 9.17) is 22.4 Å². The van der Waals surface area contributed by atoms with Crippen molar-refractivity contribution < 1.29 is 9.90 Å².